The summed E-state index contributed by atoms with van der Waals surface area (Å²) in [6.45, 7) is 5.77. The standard InChI is InChI=1S/C37H64N2/c1-3-5-7-9-11-12-13-14-15-16-17-18-19-21-26-33-39-34-36(31-27-30-35-28-23-22-24-29-35)38-37(39)32-25-20-10-8-6-4-2/h22-24,28-29,34H,3-21,25-27,30-33H2,1-2H3. The highest BCUT2D eigenvalue weighted by Gasteiger charge is 2.08. The van der Waals surface area contributed by atoms with Gasteiger partial charge in [0.15, 0.2) is 0 Å². The van der Waals surface area contributed by atoms with Crippen LogP contribution in [0.2, 0.25) is 0 Å². The Labute approximate surface area is 243 Å². The van der Waals surface area contributed by atoms with Crippen LogP contribution in [0.5, 0.6) is 0 Å². The molecule has 1 heterocycles. The molecule has 0 saturated heterocycles. The minimum Gasteiger partial charge on any atom is -0.335 e. The number of benzene rings is 1. The van der Waals surface area contributed by atoms with Crippen LogP contribution in [-0.4, -0.2) is 9.55 Å². The van der Waals surface area contributed by atoms with Crippen molar-refractivity contribution in [2.45, 2.75) is 181 Å². The van der Waals surface area contributed by atoms with E-state index in [2.05, 4.69) is 54.9 Å². The molecular formula is C37H64N2. The van der Waals surface area contributed by atoms with E-state index in [-0.39, 0.29) is 0 Å². The predicted octanol–water partition coefficient (Wildman–Crippen LogP) is 11.8. The Hall–Kier alpha value is -1.57. The zero-order chi connectivity index (χ0) is 27.6. The Bertz CT molecular complexity index is 778. The minimum absolute atomic E-state index is 1.10. The van der Waals surface area contributed by atoms with Gasteiger partial charge in [-0.25, -0.2) is 4.98 Å². The first kappa shape index (κ1) is 33.6. The number of rotatable bonds is 27. The highest BCUT2D eigenvalue weighted by Crippen LogP contribution is 2.16. The van der Waals surface area contributed by atoms with Gasteiger partial charge in [-0.2, -0.15) is 0 Å². The van der Waals surface area contributed by atoms with Crippen LogP contribution in [0.1, 0.15) is 172 Å². The zero-order valence-electron chi connectivity index (χ0n) is 26.2. The van der Waals surface area contributed by atoms with E-state index >= 15 is 0 Å². The molecule has 0 fully saturated rings. The second-order valence-electron chi connectivity index (χ2n) is 12.1. The van der Waals surface area contributed by atoms with Crippen molar-refractivity contribution >= 4 is 0 Å². The van der Waals surface area contributed by atoms with Gasteiger partial charge < -0.3 is 4.57 Å². The summed E-state index contributed by atoms with van der Waals surface area (Å²) in [5.41, 5.74) is 2.76. The summed E-state index contributed by atoms with van der Waals surface area (Å²) < 4.78 is 2.52. The minimum atomic E-state index is 1.10. The lowest BCUT2D eigenvalue weighted by molar-refractivity contribution is 0.516. The number of imidazole rings is 1. The molecule has 2 rings (SSSR count). The van der Waals surface area contributed by atoms with E-state index in [4.69, 9.17) is 4.98 Å². The first-order valence-corrected chi connectivity index (χ1v) is 17.4. The van der Waals surface area contributed by atoms with E-state index in [9.17, 15) is 0 Å². The van der Waals surface area contributed by atoms with Crippen molar-refractivity contribution in [3.63, 3.8) is 0 Å². The van der Waals surface area contributed by atoms with E-state index in [1.165, 1.54) is 158 Å². The van der Waals surface area contributed by atoms with Crippen LogP contribution >= 0.6 is 0 Å². The van der Waals surface area contributed by atoms with Crippen molar-refractivity contribution in [1.82, 2.24) is 9.55 Å². The zero-order valence-corrected chi connectivity index (χ0v) is 26.2. The van der Waals surface area contributed by atoms with Crippen LogP contribution in [0, 0.1) is 0 Å². The molecule has 1 aromatic carbocycles. The molecule has 2 aromatic rings. The summed E-state index contributed by atoms with van der Waals surface area (Å²) in [6.07, 6.45) is 36.6. The Morgan fingerprint density at radius 1 is 0.487 bits per heavy atom. The lowest BCUT2D eigenvalue weighted by Crippen LogP contribution is -2.03. The molecule has 2 heteroatoms. The molecular weight excluding hydrogens is 472 g/mol. The number of hydrogen-bond donors (Lipinski definition) is 0. The van der Waals surface area contributed by atoms with Crippen molar-refractivity contribution in [1.29, 1.82) is 0 Å². The van der Waals surface area contributed by atoms with Gasteiger partial charge in [0.05, 0.1) is 5.69 Å². The largest absolute Gasteiger partial charge is 0.335 e. The molecule has 0 N–H and O–H groups in total. The molecule has 0 unspecified atom stereocenters. The first-order valence-electron chi connectivity index (χ1n) is 17.4. The van der Waals surface area contributed by atoms with Gasteiger partial charge in [0.2, 0.25) is 0 Å². The number of nitrogens with zero attached hydrogens (tertiary/aromatic N) is 2. The van der Waals surface area contributed by atoms with Crippen LogP contribution in [0.15, 0.2) is 36.5 Å². The maximum absolute atomic E-state index is 5.13. The van der Waals surface area contributed by atoms with Gasteiger partial charge in [0.25, 0.3) is 0 Å². The molecule has 0 atom stereocenters. The molecule has 0 bridgehead atoms. The first-order chi connectivity index (χ1) is 19.3. The fourth-order valence-electron chi connectivity index (χ4n) is 5.86. The monoisotopic (exact) mass is 537 g/mol. The second kappa shape index (κ2) is 24.2. The topological polar surface area (TPSA) is 17.8 Å². The Kier molecular flexibility index (Phi) is 20.9. The third-order valence-electron chi connectivity index (χ3n) is 8.41. The molecule has 0 aliphatic carbocycles. The number of aryl methyl sites for hydroxylation is 4. The summed E-state index contributed by atoms with van der Waals surface area (Å²) in [4.78, 5) is 5.13. The van der Waals surface area contributed by atoms with Crippen LogP contribution < -0.4 is 0 Å². The van der Waals surface area contributed by atoms with E-state index in [0.29, 0.717) is 0 Å². The molecule has 0 amide bonds. The van der Waals surface area contributed by atoms with E-state index in [0.717, 1.165) is 25.8 Å². The van der Waals surface area contributed by atoms with Gasteiger partial charge in [-0.1, -0.05) is 166 Å². The van der Waals surface area contributed by atoms with Crippen molar-refractivity contribution < 1.29 is 0 Å². The maximum atomic E-state index is 5.13. The normalized spacial score (nSPS) is 11.4. The maximum Gasteiger partial charge on any atom is 0.108 e. The third kappa shape index (κ3) is 17.7. The third-order valence-corrected chi connectivity index (χ3v) is 8.41. The molecule has 222 valence electrons. The fourth-order valence-corrected chi connectivity index (χ4v) is 5.86. The van der Waals surface area contributed by atoms with Gasteiger partial charge in [0.1, 0.15) is 5.82 Å². The molecule has 1 aromatic heterocycles. The number of aromatic nitrogens is 2. The fraction of sp³-hybridized carbons (Fsp3) is 0.757. The molecule has 0 saturated carbocycles. The SMILES string of the molecule is CCCCCCCCCCCCCCCCCn1cc(CCCc2ccccc2)nc1CCCCCCCC. The Morgan fingerprint density at radius 3 is 1.51 bits per heavy atom. The van der Waals surface area contributed by atoms with Crippen LogP contribution in [0.4, 0.5) is 0 Å². The Balaban J connectivity index is 1.59. The summed E-state index contributed by atoms with van der Waals surface area (Å²) in [5, 5.41) is 0. The summed E-state index contributed by atoms with van der Waals surface area (Å²) in [7, 11) is 0. The smallest absolute Gasteiger partial charge is 0.108 e. The van der Waals surface area contributed by atoms with Gasteiger partial charge >= 0.3 is 0 Å². The number of unbranched alkanes of at least 4 members (excludes halogenated alkanes) is 19. The molecule has 39 heavy (non-hydrogen) atoms. The second-order valence-corrected chi connectivity index (χ2v) is 12.1. The van der Waals surface area contributed by atoms with E-state index in [1.807, 2.05) is 0 Å². The highest BCUT2D eigenvalue weighted by atomic mass is 15.1. The van der Waals surface area contributed by atoms with Gasteiger partial charge in [-0.05, 0) is 37.7 Å². The average Bonchev–Trinajstić information content (AvgIpc) is 3.34. The van der Waals surface area contributed by atoms with Crippen LogP contribution in [0.25, 0.3) is 0 Å². The number of hydrogen-bond acceptors (Lipinski definition) is 1. The molecule has 0 radical (unpaired) electrons. The van der Waals surface area contributed by atoms with Crippen molar-refractivity contribution in [2.75, 3.05) is 0 Å². The lowest BCUT2D eigenvalue weighted by atomic mass is 10.0. The molecule has 0 aliphatic rings. The van der Waals surface area contributed by atoms with E-state index < -0.39 is 0 Å². The molecule has 0 aliphatic heterocycles. The molecule has 2 nitrogen and oxygen atoms in total. The Morgan fingerprint density at radius 2 is 0.974 bits per heavy atom. The van der Waals surface area contributed by atoms with Crippen LogP contribution in [-0.2, 0) is 25.8 Å². The van der Waals surface area contributed by atoms with Gasteiger partial charge in [-0.3, -0.25) is 0 Å². The summed E-state index contributed by atoms with van der Waals surface area (Å²) in [6, 6.07) is 10.9. The average molecular weight is 537 g/mol. The van der Waals surface area contributed by atoms with Crippen molar-refractivity contribution in [2.24, 2.45) is 0 Å². The van der Waals surface area contributed by atoms with Crippen molar-refractivity contribution in [3.05, 3.63) is 53.6 Å². The van der Waals surface area contributed by atoms with Gasteiger partial charge in [0, 0.05) is 19.2 Å². The lowest BCUT2D eigenvalue weighted by Gasteiger charge is -2.08. The summed E-state index contributed by atoms with van der Waals surface area (Å²) in [5.74, 6) is 1.35. The van der Waals surface area contributed by atoms with Crippen molar-refractivity contribution in [3.8, 4) is 0 Å². The predicted molar refractivity (Wildman–Crippen MR) is 173 cm³/mol. The summed E-state index contributed by atoms with van der Waals surface area (Å²) >= 11 is 0. The highest BCUT2D eigenvalue weighted by molar-refractivity contribution is 5.15. The van der Waals surface area contributed by atoms with Gasteiger partial charge in [-0.15, -0.1) is 0 Å². The quantitative estimate of drug-likeness (QED) is 0.104. The van der Waals surface area contributed by atoms with Crippen LogP contribution in [0.3, 0.4) is 0 Å². The van der Waals surface area contributed by atoms with E-state index in [1.54, 1.807) is 0 Å². The molecule has 0 spiro atoms.